The Hall–Kier alpha value is -0.790. The van der Waals surface area contributed by atoms with Crippen molar-refractivity contribution in [2.75, 3.05) is 7.11 Å². The van der Waals surface area contributed by atoms with Gasteiger partial charge in [-0.15, -0.1) is 0 Å². The van der Waals surface area contributed by atoms with Crippen LogP contribution in [0.2, 0.25) is 0 Å². The van der Waals surface area contributed by atoms with Crippen molar-refractivity contribution in [2.45, 2.75) is 6.42 Å². The summed E-state index contributed by atoms with van der Waals surface area (Å²) in [5, 5.41) is 0. The third-order valence-electron chi connectivity index (χ3n) is 1.08. The zero-order chi connectivity index (χ0) is 5.98. The van der Waals surface area contributed by atoms with E-state index in [4.69, 9.17) is 0 Å². The van der Waals surface area contributed by atoms with Crippen LogP contribution in [0.3, 0.4) is 0 Å². The Labute approximate surface area is 47.5 Å². The van der Waals surface area contributed by atoms with Crippen LogP contribution in [0.15, 0.2) is 23.7 Å². The molecular weight excluding hydrogens is 107 g/mol. The fourth-order valence-corrected chi connectivity index (χ4v) is 0.641. The molecular formula is C6H7FO. The van der Waals surface area contributed by atoms with E-state index in [1.54, 1.807) is 6.08 Å². The highest BCUT2D eigenvalue weighted by molar-refractivity contribution is 5.24. The molecule has 2 heteroatoms. The molecule has 0 aliphatic heterocycles. The Balaban J connectivity index is 2.68. The van der Waals surface area contributed by atoms with Crippen molar-refractivity contribution >= 4 is 0 Å². The van der Waals surface area contributed by atoms with Crippen molar-refractivity contribution in [3.05, 3.63) is 23.7 Å². The number of rotatable bonds is 1. The second-order valence-electron chi connectivity index (χ2n) is 1.58. The summed E-state index contributed by atoms with van der Waals surface area (Å²) < 4.78 is 16.9. The molecule has 0 radical (unpaired) electrons. The summed E-state index contributed by atoms with van der Waals surface area (Å²) >= 11 is 0. The van der Waals surface area contributed by atoms with Gasteiger partial charge in [0.2, 0.25) is 0 Å². The van der Waals surface area contributed by atoms with Gasteiger partial charge in [0.15, 0.2) is 5.83 Å². The van der Waals surface area contributed by atoms with Gasteiger partial charge in [-0.05, 0) is 6.08 Å². The van der Waals surface area contributed by atoms with Crippen molar-refractivity contribution in [1.82, 2.24) is 0 Å². The van der Waals surface area contributed by atoms with Crippen LogP contribution >= 0.6 is 0 Å². The normalized spacial score (nSPS) is 17.8. The van der Waals surface area contributed by atoms with Crippen molar-refractivity contribution in [3.8, 4) is 0 Å². The van der Waals surface area contributed by atoms with Crippen molar-refractivity contribution in [2.24, 2.45) is 0 Å². The van der Waals surface area contributed by atoms with Crippen LogP contribution in [0.4, 0.5) is 4.39 Å². The molecule has 1 nitrogen and oxygen atoms in total. The van der Waals surface area contributed by atoms with E-state index >= 15 is 0 Å². The van der Waals surface area contributed by atoms with Gasteiger partial charge >= 0.3 is 0 Å². The molecule has 0 aromatic heterocycles. The summed E-state index contributed by atoms with van der Waals surface area (Å²) in [6, 6.07) is 0. The first kappa shape index (κ1) is 5.35. The van der Waals surface area contributed by atoms with E-state index in [1.165, 1.54) is 13.2 Å². The molecule has 1 rings (SSSR count). The Kier molecular flexibility index (Phi) is 1.33. The van der Waals surface area contributed by atoms with Crippen LogP contribution in [-0.4, -0.2) is 7.11 Å². The predicted octanol–water partition coefficient (Wildman–Crippen LogP) is 1.77. The van der Waals surface area contributed by atoms with Crippen LogP contribution in [0.5, 0.6) is 0 Å². The number of halogens is 1. The summed E-state index contributed by atoms with van der Waals surface area (Å²) in [7, 11) is 1.47. The molecule has 0 saturated carbocycles. The average Bonchev–Trinajstić information content (AvgIpc) is 2.14. The second-order valence-corrected chi connectivity index (χ2v) is 1.58. The van der Waals surface area contributed by atoms with Gasteiger partial charge in [0, 0.05) is 6.42 Å². The molecule has 0 spiro atoms. The summed E-state index contributed by atoms with van der Waals surface area (Å²) in [5.41, 5.74) is 0. The van der Waals surface area contributed by atoms with Crippen LogP contribution in [-0.2, 0) is 4.74 Å². The first-order chi connectivity index (χ1) is 3.84. The molecule has 0 saturated heterocycles. The highest BCUT2D eigenvalue weighted by Gasteiger charge is 2.06. The maximum absolute atomic E-state index is 12.3. The zero-order valence-electron chi connectivity index (χ0n) is 4.65. The van der Waals surface area contributed by atoms with Gasteiger partial charge in [0.1, 0.15) is 5.76 Å². The number of allylic oxidation sites excluding steroid dienone is 3. The molecule has 8 heavy (non-hydrogen) atoms. The van der Waals surface area contributed by atoms with E-state index in [0.29, 0.717) is 12.2 Å². The minimum absolute atomic E-state index is 0.243. The molecule has 0 heterocycles. The van der Waals surface area contributed by atoms with E-state index < -0.39 is 0 Å². The zero-order valence-corrected chi connectivity index (χ0v) is 4.65. The van der Waals surface area contributed by atoms with Gasteiger partial charge in [-0.1, -0.05) is 6.08 Å². The molecule has 0 unspecified atom stereocenters. The van der Waals surface area contributed by atoms with Gasteiger partial charge in [-0.2, -0.15) is 0 Å². The molecule has 0 aromatic rings. The molecule has 0 atom stereocenters. The second kappa shape index (κ2) is 1.99. The van der Waals surface area contributed by atoms with Gasteiger partial charge in [0.25, 0.3) is 0 Å². The average molecular weight is 114 g/mol. The number of methoxy groups -OCH3 is 1. The minimum atomic E-state index is -0.243. The SMILES string of the molecule is COC1=C(F)C=CC1. The van der Waals surface area contributed by atoms with E-state index in [0.717, 1.165) is 0 Å². The van der Waals surface area contributed by atoms with Crippen molar-refractivity contribution in [3.63, 3.8) is 0 Å². The molecule has 1 aliphatic rings. The van der Waals surface area contributed by atoms with Gasteiger partial charge < -0.3 is 4.74 Å². The molecule has 0 bridgehead atoms. The van der Waals surface area contributed by atoms with E-state index in [2.05, 4.69) is 4.74 Å². The lowest BCUT2D eigenvalue weighted by Gasteiger charge is -1.95. The first-order valence-electron chi connectivity index (χ1n) is 2.44. The quantitative estimate of drug-likeness (QED) is 0.504. The number of hydrogen-bond donors (Lipinski definition) is 0. The highest BCUT2D eigenvalue weighted by Crippen LogP contribution is 2.19. The standard InChI is InChI=1S/C6H7FO/c1-8-6-4-2-3-5(6)7/h2-3H,4H2,1H3. The summed E-state index contributed by atoms with van der Waals surface area (Å²) in [6.07, 6.45) is 3.75. The molecule has 0 N–H and O–H groups in total. The smallest absolute Gasteiger partial charge is 0.160 e. The van der Waals surface area contributed by atoms with Gasteiger partial charge in [-0.3, -0.25) is 0 Å². The molecule has 44 valence electrons. The molecule has 1 aliphatic carbocycles. The van der Waals surface area contributed by atoms with Crippen LogP contribution in [0, 0.1) is 0 Å². The van der Waals surface area contributed by atoms with Crippen molar-refractivity contribution < 1.29 is 9.13 Å². The third kappa shape index (κ3) is 0.735. The van der Waals surface area contributed by atoms with Crippen LogP contribution < -0.4 is 0 Å². The summed E-state index contributed by atoms with van der Waals surface area (Å²) in [5.74, 6) is 0.192. The lowest BCUT2D eigenvalue weighted by Crippen LogP contribution is -1.81. The lowest BCUT2D eigenvalue weighted by atomic mass is 10.4. The maximum atomic E-state index is 12.3. The Morgan fingerprint density at radius 1 is 1.75 bits per heavy atom. The van der Waals surface area contributed by atoms with Gasteiger partial charge in [0.05, 0.1) is 7.11 Å². The minimum Gasteiger partial charge on any atom is -0.498 e. The highest BCUT2D eigenvalue weighted by atomic mass is 19.1. The van der Waals surface area contributed by atoms with E-state index in [1.807, 2.05) is 0 Å². The number of ether oxygens (including phenoxy) is 1. The first-order valence-corrected chi connectivity index (χ1v) is 2.44. The van der Waals surface area contributed by atoms with Gasteiger partial charge in [-0.25, -0.2) is 4.39 Å². The van der Waals surface area contributed by atoms with Crippen LogP contribution in [0.25, 0.3) is 0 Å². The topological polar surface area (TPSA) is 9.23 Å². The Morgan fingerprint density at radius 2 is 2.50 bits per heavy atom. The monoisotopic (exact) mass is 114 g/mol. The predicted molar refractivity (Wildman–Crippen MR) is 28.9 cm³/mol. The molecule has 0 fully saturated rings. The molecule has 0 amide bonds. The molecule has 0 aromatic carbocycles. The Bertz CT molecular complexity index is 147. The van der Waals surface area contributed by atoms with E-state index in [-0.39, 0.29) is 5.83 Å². The van der Waals surface area contributed by atoms with Crippen LogP contribution in [0.1, 0.15) is 6.42 Å². The fourth-order valence-electron chi connectivity index (χ4n) is 0.641. The fraction of sp³-hybridized carbons (Fsp3) is 0.333. The maximum Gasteiger partial charge on any atom is 0.160 e. The summed E-state index contributed by atoms with van der Waals surface area (Å²) in [4.78, 5) is 0. The Morgan fingerprint density at radius 3 is 2.75 bits per heavy atom. The lowest BCUT2D eigenvalue weighted by molar-refractivity contribution is 0.274. The third-order valence-corrected chi connectivity index (χ3v) is 1.08. The largest absolute Gasteiger partial charge is 0.498 e. The van der Waals surface area contributed by atoms with E-state index in [9.17, 15) is 4.39 Å². The summed E-state index contributed by atoms with van der Waals surface area (Å²) in [6.45, 7) is 0. The number of hydrogen-bond acceptors (Lipinski definition) is 1. The van der Waals surface area contributed by atoms with Crippen molar-refractivity contribution in [1.29, 1.82) is 0 Å².